The average Bonchev–Trinajstić information content (AvgIpc) is 3.31. The van der Waals surface area contributed by atoms with E-state index in [1.165, 1.54) is 24.9 Å². The fourth-order valence-corrected chi connectivity index (χ4v) is 3.52. The molecule has 24 heavy (non-hydrogen) atoms. The third-order valence-corrected chi connectivity index (χ3v) is 4.75. The second-order valence-electron chi connectivity index (χ2n) is 6.32. The Morgan fingerprint density at radius 3 is 2.62 bits per heavy atom. The monoisotopic (exact) mass is 318 g/mol. The molecule has 1 saturated heterocycles. The highest BCUT2D eigenvalue weighted by Gasteiger charge is 2.25. The van der Waals surface area contributed by atoms with Gasteiger partial charge in [-0.3, -0.25) is 9.88 Å². The molecule has 0 bridgehead atoms. The molecule has 3 heterocycles. The van der Waals surface area contributed by atoms with Gasteiger partial charge in [0.05, 0.1) is 12.0 Å². The standard InChI is InChI=1S/C20H22N4/c1-2-7-17(8-3-1)20-10-6-12-24(20)14-13-23-15-19(22-16-23)18-9-4-5-11-21-18/h1-5,7-9,11,15-16,20H,6,10,12-14H2/t20-/m0/s1. The molecule has 1 atom stereocenters. The molecule has 2 aromatic heterocycles. The van der Waals surface area contributed by atoms with Crippen LogP contribution >= 0.6 is 0 Å². The third-order valence-electron chi connectivity index (χ3n) is 4.75. The van der Waals surface area contributed by atoms with Gasteiger partial charge < -0.3 is 4.57 Å². The van der Waals surface area contributed by atoms with E-state index in [0.29, 0.717) is 6.04 Å². The quantitative estimate of drug-likeness (QED) is 0.718. The molecule has 0 N–H and O–H groups in total. The normalized spacial score (nSPS) is 18.1. The number of hydrogen-bond acceptors (Lipinski definition) is 3. The Morgan fingerprint density at radius 1 is 0.917 bits per heavy atom. The number of nitrogens with zero attached hydrogens (tertiary/aromatic N) is 4. The minimum atomic E-state index is 0.560. The summed E-state index contributed by atoms with van der Waals surface area (Å²) in [5.41, 5.74) is 3.31. The molecule has 1 aliphatic rings. The van der Waals surface area contributed by atoms with E-state index >= 15 is 0 Å². The van der Waals surface area contributed by atoms with Gasteiger partial charge in [0.2, 0.25) is 0 Å². The predicted molar refractivity (Wildman–Crippen MR) is 95.4 cm³/mol. The van der Waals surface area contributed by atoms with Crippen LogP contribution in [0.2, 0.25) is 0 Å². The number of hydrogen-bond donors (Lipinski definition) is 0. The van der Waals surface area contributed by atoms with Gasteiger partial charge in [-0.15, -0.1) is 0 Å². The van der Waals surface area contributed by atoms with Crippen LogP contribution in [0.5, 0.6) is 0 Å². The lowest BCUT2D eigenvalue weighted by Gasteiger charge is -2.24. The molecule has 1 fully saturated rings. The summed E-state index contributed by atoms with van der Waals surface area (Å²) in [6, 6.07) is 17.4. The van der Waals surface area contributed by atoms with Crippen molar-refractivity contribution >= 4 is 0 Å². The Labute approximate surface area is 142 Å². The Kier molecular flexibility index (Phi) is 4.38. The fraction of sp³-hybridized carbons (Fsp3) is 0.300. The van der Waals surface area contributed by atoms with Crippen molar-refractivity contribution in [3.8, 4) is 11.4 Å². The zero-order chi connectivity index (χ0) is 16.2. The summed E-state index contributed by atoms with van der Waals surface area (Å²) in [4.78, 5) is 11.4. The maximum Gasteiger partial charge on any atom is 0.107 e. The zero-order valence-electron chi connectivity index (χ0n) is 13.8. The van der Waals surface area contributed by atoms with Crippen LogP contribution in [0, 0.1) is 0 Å². The summed E-state index contributed by atoms with van der Waals surface area (Å²) in [6.07, 6.45) is 8.35. The highest BCUT2D eigenvalue weighted by Crippen LogP contribution is 2.31. The maximum atomic E-state index is 4.49. The second kappa shape index (κ2) is 6.97. The van der Waals surface area contributed by atoms with Crippen LogP contribution in [0.3, 0.4) is 0 Å². The number of aromatic nitrogens is 3. The van der Waals surface area contributed by atoms with Gasteiger partial charge in [0.15, 0.2) is 0 Å². The van der Waals surface area contributed by atoms with Crippen LogP contribution in [-0.2, 0) is 6.54 Å². The SMILES string of the molecule is c1ccc([C@@H]2CCCN2CCn2cnc(-c3ccccn3)c2)cc1. The highest BCUT2D eigenvalue weighted by molar-refractivity contribution is 5.52. The van der Waals surface area contributed by atoms with Crippen molar-refractivity contribution in [2.24, 2.45) is 0 Å². The summed E-state index contributed by atoms with van der Waals surface area (Å²) < 4.78 is 2.17. The summed E-state index contributed by atoms with van der Waals surface area (Å²) in [7, 11) is 0. The van der Waals surface area contributed by atoms with E-state index in [9.17, 15) is 0 Å². The smallest absolute Gasteiger partial charge is 0.107 e. The van der Waals surface area contributed by atoms with E-state index in [-0.39, 0.29) is 0 Å². The molecule has 3 aromatic rings. The number of imidazole rings is 1. The molecule has 1 aromatic carbocycles. The lowest BCUT2D eigenvalue weighted by Crippen LogP contribution is -2.27. The average molecular weight is 318 g/mol. The van der Waals surface area contributed by atoms with E-state index in [4.69, 9.17) is 0 Å². The van der Waals surface area contributed by atoms with Crippen molar-refractivity contribution in [1.29, 1.82) is 0 Å². The summed E-state index contributed by atoms with van der Waals surface area (Å²) in [6.45, 7) is 3.20. The molecular formula is C20H22N4. The fourth-order valence-electron chi connectivity index (χ4n) is 3.52. The van der Waals surface area contributed by atoms with Crippen molar-refractivity contribution in [1.82, 2.24) is 19.4 Å². The number of rotatable bonds is 5. The number of likely N-dealkylation sites (tertiary alicyclic amines) is 1. The van der Waals surface area contributed by atoms with Crippen molar-refractivity contribution in [3.63, 3.8) is 0 Å². The van der Waals surface area contributed by atoms with Gasteiger partial charge >= 0.3 is 0 Å². The van der Waals surface area contributed by atoms with Gasteiger partial charge in [0.25, 0.3) is 0 Å². The minimum Gasteiger partial charge on any atom is -0.335 e. The third kappa shape index (κ3) is 3.24. The van der Waals surface area contributed by atoms with Gasteiger partial charge in [0.1, 0.15) is 5.69 Å². The first-order valence-electron chi connectivity index (χ1n) is 8.62. The topological polar surface area (TPSA) is 34.0 Å². The largest absolute Gasteiger partial charge is 0.335 e. The van der Waals surface area contributed by atoms with Gasteiger partial charge in [-0.1, -0.05) is 36.4 Å². The highest BCUT2D eigenvalue weighted by atomic mass is 15.2. The molecule has 0 saturated carbocycles. The van der Waals surface area contributed by atoms with E-state index in [2.05, 4.69) is 56.0 Å². The molecule has 0 aliphatic carbocycles. The first-order valence-corrected chi connectivity index (χ1v) is 8.62. The molecule has 0 unspecified atom stereocenters. The molecule has 0 amide bonds. The predicted octanol–water partition coefficient (Wildman–Crippen LogP) is 3.78. The van der Waals surface area contributed by atoms with Crippen LogP contribution in [-0.4, -0.2) is 32.5 Å². The van der Waals surface area contributed by atoms with Crippen molar-refractivity contribution in [2.75, 3.05) is 13.1 Å². The molecule has 4 rings (SSSR count). The van der Waals surface area contributed by atoms with Gasteiger partial charge in [-0.05, 0) is 37.1 Å². The van der Waals surface area contributed by atoms with Crippen molar-refractivity contribution in [2.45, 2.75) is 25.4 Å². The lowest BCUT2D eigenvalue weighted by atomic mass is 10.0. The van der Waals surface area contributed by atoms with E-state index < -0.39 is 0 Å². The number of benzene rings is 1. The Hall–Kier alpha value is -2.46. The Morgan fingerprint density at radius 2 is 1.79 bits per heavy atom. The zero-order valence-corrected chi connectivity index (χ0v) is 13.8. The number of pyridine rings is 1. The van der Waals surface area contributed by atoms with Crippen molar-refractivity contribution in [3.05, 3.63) is 72.8 Å². The van der Waals surface area contributed by atoms with Gasteiger partial charge in [-0.25, -0.2) is 4.98 Å². The minimum absolute atomic E-state index is 0.560. The Bertz CT molecular complexity index is 767. The molecule has 122 valence electrons. The van der Waals surface area contributed by atoms with E-state index in [1.807, 2.05) is 30.7 Å². The van der Waals surface area contributed by atoms with Crippen LogP contribution in [0.4, 0.5) is 0 Å². The maximum absolute atomic E-state index is 4.49. The first kappa shape index (κ1) is 15.1. The van der Waals surface area contributed by atoms with Crippen molar-refractivity contribution < 1.29 is 0 Å². The van der Waals surface area contributed by atoms with Crippen LogP contribution < -0.4 is 0 Å². The molecule has 0 radical (unpaired) electrons. The summed E-state index contributed by atoms with van der Waals surface area (Å²) in [5, 5.41) is 0. The van der Waals surface area contributed by atoms with Crippen LogP contribution in [0.1, 0.15) is 24.4 Å². The van der Waals surface area contributed by atoms with Crippen LogP contribution in [0.25, 0.3) is 11.4 Å². The lowest BCUT2D eigenvalue weighted by molar-refractivity contribution is 0.247. The molecular weight excluding hydrogens is 296 g/mol. The van der Waals surface area contributed by atoms with Crippen LogP contribution in [0.15, 0.2) is 67.3 Å². The van der Waals surface area contributed by atoms with E-state index in [1.54, 1.807) is 0 Å². The molecule has 0 spiro atoms. The van der Waals surface area contributed by atoms with Gasteiger partial charge in [-0.2, -0.15) is 0 Å². The second-order valence-corrected chi connectivity index (χ2v) is 6.32. The van der Waals surface area contributed by atoms with Gasteiger partial charge in [0, 0.05) is 31.5 Å². The summed E-state index contributed by atoms with van der Waals surface area (Å²) in [5.74, 6) is 0. The first-order chi connectivity index (χ1) is 11.9. The molecule has 4 nitrogen and oxygen atoms in total. The molecule has 4 heteroatoms. The molecule has 1 aliphatic heterocycles. The Balaban J connectivity index is 1.41. The summed E-state index contributed by atoms with van der Waals surface area (Å²) >= 11 is 0. The van der Waals surface area contributed by atoms with E-state index in [0.717, 1.165) is 24.5 Å².